The van der Waals surface area contributed by atoms with Gasteiger partial charge in [0.05, 0.1) is 13.2 Å². The van der Waals surface area contributed by atoms with Crippen LogP contribution in [0.4, 0.5) is 0 Å². The van der Waals surface area contributed by atoms with E-state index in [0.717, 1.165) is 31.6 Å². The summed E-state index contributed by atoms with van der Waals surface area (Å²) >= 11 is 1.81. The van der Waals surface area contributed by atoms with Gasteiger partial charge in [-0.2, -0.15) is 0 Å². The van der Waals surface area contributed by atoms with Crippen molar-refractivity contribution in [3.8, 4) is 5.75 Å². The summed E-state index contributed by atoms with van der Waals surface area (Å²) in [6, 6.07) is 10.4. The van der Waals surface area contributed by atoms with E-state index in [0.29, 0.717) is 12.3 Å². The van der Waals surface area contributed by atoms with E-state index >= 15 is 0 Å². The van der Waals surface area contributed by atoms with Crippen molar-refractivity contribution in [1.82, 2.24) is 4.90 Å². The van der Waals surface area contributed by atoms with E-state index in [-0.39, 0.29) is 6.04 Å². The molecule has 1 unspecified atom stereocenters. The highest BCUT2D eigenvalue weighted by atomic mass is 32.1. The van der Waals surface area contributed by atoms with Crippen LogP contribution in [0.3, 0.4) is 0 Å². The molecule has 1 aromatic heterocycles. The molecule has 0 aliphatic carbocycles. The second-order valence-corrected chi connectivity index (χ2v) is 7.98. The number of methoxy groups -OCH3 is 1. The van der Waals surface area contributed by atoms with Gasteiger partial charge in [-0.1, -0.05) is 44.7 Å². The van der Waals surface area contributed by atoms with Crippen LogP contribution in [0.15, 0.2) is 35.7 Å². The lowest BCUT2D eigenvalue weighted by atomic mass is 9.92. The van der Waals surface area contributed by atoms with Gasteiger partial charge in [0, 0.05) is 17.8 Å². The SMILES string of the molecule is CCCCCCCC(=O)N1CCc2sccc2C1c1ccc(OC)cc1. The summed E-state index contributed by atoms with van der Waals surface area (Å²) in [6.45, 7) is 3.04. The van der Waals surface area contributed by atoms with Crippen LogP contribution in [-0.2, 0) is 11.2 Å². The van der Waals surface area contributed by atoms with Crippen molar-refractivity contribution in [3.05, 3.63) is 51.7 Å². The molecule has 4 heteroatoms. The zero-order valence-electron chi connectivity index (χ0n) is 15.9. The molecule has 1 amide bonds. The number of fused-ring (bicyclic) bond motifs is 1. The Morgan fingerprint density at radius 2 is 1.92 bits per heavy atom. The van der Waals surface area contributed by atoms with Gasteiger partial charge in [0.1, 0.15) is 5.75 Å². The Hall–Kier alpha value is -1.81. The number of carbonyl (C=O) groups excluding carboxylic acids is 1. The monoisotopic (exact) mass is 371 g/mol. The van der Waals surface area contributed by atoms with E-state index in [2.05, 4.69) is 35.4 Å². The van der Waals surface area contributed by atoms with Gasteiger partial charge in [-0.05, 0) is 47.5 Å². The molecule has 0 spiro atoms. The lowest BCUT2D eigenvalue weighted by Gasteiger charge is -2.36. The maximum atomic E-state index is 13.0. The van der Waals surface area contributed by atoms with Crippen LogP contribution in [0.5, 0.6) is 5.75 Å². The van der Waals surface area contributed by atoms with E-state index in [4.69, 9.17) is 4.74 Å². The Kier molecular flexibility index (Phi) is 6.73. The molecule has 1 aromatic carbocycles. The zero-order chi connectivity index (χ0) is 18.4. The topological polar surface area (TPSA) is 29.5 Å². The minimum Gasteiger partial charge on any atom is -0.497 e. The number of rotatable bonds is 8. The maximum absolute atomic E-state index is 13.0. The van der Waals surface area contributed by atoms with Crippen molar-refractivity contribution in [2.24, 2.45) is 0 Å². The molecule has 1 atom stereocenters. The predicted molar refractivity (Wildman–Crippen MR) is 108 cm³/mol. The summed E-state index contributed by atoms with van der Waals surface area (Å²) in [7, 11) is 1.68. The zero-order valence-corrected chi connectivity index (χ0v) is 16.7. The molecule has 1 aliphatic heterocycles. The molecule has 0 saturated heterocycles. The summed E-state index contributed by atoms with van der Waals surface area (Å²) in [4.78, 5) is 16.5. The van der Waals surface area contributed by atoms with E-state index in [1.165, 1.54) is 35.3 Å². The van der Waals surface area contributed by atoms with Crippen molar-refractivity contribution in [2.75, 3.05) is 13.7 Å². The average molecular weight is 372 g/mol. The summed E-state index contributed by atoms with van der Waals surface area (Å²) in [5.74, 6) is 1.14. The summed E-state index contributed by atoms with van der Waals surface area (Å²) in [5.41, 5.74) is 2.47. The summed E-state index contributed by atoms with van der Waals surface area (Å²) in [6.07, 6.45) is 7.54. The second kappa shape index (κ2) is 9.22. The van der Waals surface area contributed by atoms with Gasteiger partial charge in [-0.3, -0.25) is 4.79 Å². The Morgan fingerprint density at radius 3 is 2.65 bits per heavy atom. The summed E-state index contributed by atoms with van der Waals surface area (Å²) in [5, 5.41) is 2.15. The molecular formula is C22H29NO2S. The van der Waals surface area contributed by atoms with Crippen LogP contribution < -0.4 is 4.74 Å². The number of nitrogens with zero attached hydrogens (tertiary/aromatic N) is 1. The van der Waals surface area contributed by atoms with Crippen LogP contribution in [0.1, 0.15) is 67.5 Å². The first-order chi connectivity index (χ1) is 12.7. The fourth-order valence-electron chi connectivity index (χ4n) is 3.75. The van der Waals surface area contributed by atoms with Crippen molar-refractivity contribution >= 4 is 17.2 Å². The highest BCUT2D eigenvalue weighted by Gasteiger charge is 2.32. The third-order valence-corrected chi connectivity index (χ3v) is 6.21. The molecule has 0 bridgehead atoms. The normalized spacial score (nSPS) is 16.4. The molecule has 26 heavy (non-hydrogen) atoms. The largest absolute Gasteiger partial charge is 0.497 e. The van der Waals surface area contributed by atoms with Crippen molar-refractivity contribution in [3.63, 3.8) is 0 Å². The number of thiophene rings is 1. The molecule has 0 N–H and O–H groups in total. The maximum Gasteiger partial charge on any atom is 0.223 e. The molecule has 0 fully saturated rings. The van der Waals surface area contributed by atoms with E-state index in [1.54, 1.807) is 7.11 Å². The van der Waals surface area contributed by atoms with Crippen molar-refractivity contribution in [2.45, 2.75) is 57.9 Å². The van der Waals surface area contributed by atoms with E-state index in [1.807, 2.05) is 23.5 Å². The Bertz CT molecular complexity index is 707. The number of hydrogen-bond donors (Lipinski definition) is 0. The van der Waals surface area contributed by atoms with E-state index < -0.39 is 0 Å². The lowest BCUT2D eigenvalue weighted by Crippen LogP contribution is -2.40. The molecule has 0 saturated carbocycles. The predicted octanol–water partition coefficient (Wildman–Crippen LogP) is 5.59. The number of unbranched alkanes of at least 4 members (excludes halogenated alkanes) is 4. The lowest BCUT2D eigenvalue weighted by molar-refractivity contribution is -0.133. The number of carbonyl (C=O) groups is 1. The third-order valence-electron chi connectivity index (χ3n) is 5.21. The standard InChI is InChI=1S/C22H29NO2S/c1-3-4-5-6-7-8-21(24)23-15-13-20-19(14-16-26-20)22(23)17-9-11-18(25-2)12-10-17/h9-12,14,16,22H,3-8,13,15H2,1-2H3. The van der Waals surface area contributed by atoms with Crippen LogP contribution in [-0.4, -0.2) is 24.5 Å². The highest BCUT2D eigenvalue weighted by molar-refractivity contribution is 7.10. The van der Waals surface area contributed by atoms with Crippen LogP contribution in [0.2, 0.25) is 0 Å². The molecule has 140 valence electrons. The number of hydrogen-bond acceptors (Lipinski definition) is 3. The first kappa shape index (κ1) is 19.0. The minimum absolute atomic E-state index is 0.0408. The Morgan fingerprint density at radius 1 is 1.15 bits per heavy atom. The van der Waals surface area contributed by atoms with Crippen molar-refractivity contribution < 1.29 is 9.53 Å². The Labute approximate surface area is 161 Å². The minimum atomic E-state index is 0.0408. The Balaban J connectivity index is 1.76. The van der Waals surface area contributed by atoms with Gasteiger partial charge in [0.2, 0.25) is 5.91 Å². The molecule has 2 heterocycles. The second-order valence-electron chi connectivity index (χ2n) is 6.98. The quantitative estimate of drug-likeness (QED) is 0.566. The van der Waals surface area contributed by atoms with Gasteiger partial charge in [-0.15, -0.1) is 11.3 Å². The third kappa shape index (κ3) is 4.29. The van der Waals surface area contributed by atoms with Crippen molar-refractivity contribution in [1.29, 1.82) is 0 Å². The fourth-order valence-corrected chi connectivity index (χ4v) is 4.66. The number of ether oxygens (including phenoxy) is 1. The van der Waals surface area contributed by atoms with Crippen LogP contribution in [0.25, 0.3) is 0 Å². The average Bonchev–Trinajstić information content (AvgIpc) is 3.16. The smallest absolute Gasteiger partial charge is 0.223 e. The van der Waals surface area contributed by atoms with Gasteiger partial charge in [-0.25, -0.2) is 0 Å². The van der Waals surface area contributed by atoms with Gasteiger partial charge < -0.3 is 9.64 Å². The van der Waals surface area contributed by atoms with Gasteiger partial charge in [0.25, 0.3) is 0 Å². The molecular weight excluding hydrogens is 342 g/mol. The van der Waals surface area contributed by atoms with E-state index in [9.17, 15) is 4.79 Å². The van der Waals surface area contributed by atoms with Gasteiger partial charge in [0.15, 0.2) is 0 Å². The molecule has 3 nitrogen and oxygen atoms in total. The number of amides is 1. The molecule has 2 aromatic rings. The highest BCUT2D eigenvalue weighted by Crippen LogP contribution is 2.38. The van der Waals surface area contributed by atoms with Gasteiger partial charge >= 0.3 is 0 Å². The first-order valence-electron chi connectivity index (χ1n) is 9.74. The fraction of sp³-hybridized carbons (Fsp3) is 0.500. The van der Waals surface area contributed by atoms with Crippen LogP contribution in [0, 0.1) is 0 Å². The summed E-state index contributed by atoms with van der Waals surface area (Å²) < 4.78 is 5.29. The van der Waals surface area contributed by atoms with Crippen LogP contribution >= 0.6 is 11.3 Å². The first-order valence-corrected chi connectivity index (χ1v) is 10.6. The number of benzene rings is 1. The molecule has 3 rings (SSSR count). The molecule has 0 radical (unpaired) electrons. The molecule has 1 aliphatic rings.